The first-order valence-corrected chi connectivity index (χ1v) is 14.0. The van der Waals surface area contributed by atoms with E-state index in [-0.39, 0.29) is 5.97 Å². The monoisotopic (exact) mass is 462 g/mol. The van der Waals surface area contributed by atoms with Crippen LogP contribution in [0.1, 0.15) is 85.5 Å². The van der Waals surface area contributed by atoms with Crippen molar-refractivity contribution in [3.8, 4) is 0 Å². The van der Waals surface area contributed by atoms with Crippen LogP contribution in [0.25, 0.3) is 0 Å². The molecule has 0 amide bonds. The Morgan fingerprint density at radius 2 is 1.54 bits per heavy atom. The third-order valence-corrected chi connectivity index (χ3v) is 10.2. The Balaban J connectivity index is 4.43. The van der Waals surface area contributed by atoms with Crippen LogP contribution in [0.5, 0.6) is 0 Å². The van der Waals surface area contributed by atoms with E-state index in [0.717, 1.165) is 5.75 Å². The molecule has 0 aliphatic carbocycles. The van der Waals surface area contributed by atoms with Crippen molar-refractivity contribution in [1.29, 1.82) is 0 Å². The van der Waals surface area contributed by atoms with Gasteiger partial charge in [0, 0.05) is 0 Å². The van der Waals surface area contributed by atoms with Crippen LogP contribution in [0.15, 0.2) is 10.2 Å². The fourth-order valence-electron chi connectivity index (χ4n) is 2.83. The summed E-state index contributed by atoms with van der Waals surface area (Å²) >= 11 is 1.15. The first-order chi connectivity index (χ1) is 11.6. The zero-order chi connectivity index (χ0) is 18.1. The molecule has 2 radical (unpaired) electrons. The summed E-state index contributed by atoms with van der Waals surface area (Å²) in [5.74, 6) is 1.35. The molecule has 0 N–H and O–H groups in total. The molecule has 0 aliphatic heterocycles. The normalized spacial score (nSPS) is 12.0. The summed E-state index contributed by atoms with van der Waals surface area (Å²) in [6.07, 6.45) is 14.8. The van der Waals surface area contributed by atoms with Crippen molar-refractivity contribution < 1.29 is 9.53 Å². The van der Waals surface area contributed by atoms with E-state index in [1.807, 2.05) is 6.92 Å². The van der Waals surface area contributed by atoms with Gasteiger partial charge in [-0.25, -0.2) is 0 Å². The number of carbonyl (C=O) groups excluding carboxylic acids is 1. The number of thioether (sulfide) groups is 1. The topological polar surface area (TPSA) is 26.3 Å². The number of carbonyl (C=O) groups is 1. The van der Waals surface area contributed by atoms with Gasteiger partial charge in [0.1, 0.15) is 0 Å². The second-order valence-electron chi connectivity index (χ2n) is 6.46. The minimum atomic E-state index is -0.526. The fraction of sp³-hybridized carbons (Fsp3) is 0.850. The predicted molar refractivity (Wildman–Crippen MR) is 110 cm³/mol. The fourth-order valence-corrected chi connectivity index (χ4v) is 8.35. The van der Waals surface area contributed by atoms with Gasteiger partial charge in [0.2, 0.25) is 0 Å². The molecule has 0 aromatic carbocycles. The van der Waals surface area contributed by atoms with Crippen molar-refractivity contribution in [2.24, 2.45) is 0 Å². The first kappa shape index (κ1) is 24.4. The predicted octanol–water partition coefficient (Wildman–Crippen LogP) is 6.23. The molecule has 0 aromatic heterocycles. The van der Waals surface area contributed by atoms with Gasteiger partial charge in [-0.1, -0.05) is 0 Å². The van der Waals surface area contributed by atoms with Crippen LogP contribution < -0.4 is 0 Å². The molecular weight excluding hydrogens is 423 g/mol. The minimum absolute atomic E-state index is 0.0842. The van der Waals surface area contributed by atoms with E-state index in [2.05, 4.69) is 30.9 Å². The Bertz CT molecular complexity index is 310. The number of hydrogen-bond donors (Lipinski definition) is 0. The zero-order valence-electron chi connectivity index (χ0n) is 16.4. The molecule has 0 saturated heterocycles. The van der Waals surface area contributed by atoms with Crippen LogP contribution in [-0.4, -0.2) is 45.2 Å². The zero-order valence-corrected chi connectivity index (χ0v) is 20.0. The molecule has 24 heavy (non-hydrogen) atoms. The van der Waals surface area contributed by atoms with Crippen molar-refractivity contribution in [3.63, 3.8) is 0 Å². The summed E-state index contributed by atoms with van der Waals surface area (Å²) < 4.78 is 8.18. The van der Waals surface area contributed by atoms with E-state index in [1.165, 1.54) is 57.8 Å². The van der Waals surface area contributed by atoms with Gasteiger partial charge >= 0.3 is 166 Å². The summed E-state index contributed by atoms with van der Waals surface area (Å²) in [6, 6.07) is 0. The summed E-state index contributed by atoms with van der Waals surface area (Å²) in [7, 11) is 0. The van der Waals surface area contributed by atoms with Crippen LogP contribution >= 0.6 is 11.8 Å². The molecule has 0 atom stereocenters. The quantitative estimate of drug-likeness (QED) is 0.155. The average molecular weight is 461 g/mol. The Morgan fingerprint density at radius 3 is 2.00 bits per heavy atom. The Labute approximate surface area is 165 Å². The van der Waals surface area contributed by atoms with Crippen LogP contribution in [0.3, 0.4) is 0 Å². The maximum absolute atomic E-state index is 11.3. The Kier molecular flexibility index (Phi) is 17.1. The van der Waals surface area contributed by atoms with Gasteiger partial charge in [-0.3, -0.25) is 0 Å². The van der Waals surface area contributed by atoms with Gasteiger partial charge < -0.3 is 0 Å². The van der Waals surface area contributed by atoms with E-state index < -0.39 is 21.1 Å². The van der Waals surface area contributed by atoms with Gasteiger partial charge in [-0.15, -0.1) is 0 Å². The molecule has 0 bridgehead atoms. The van der Waals surface area contributed by atoms with Crippen LogP contribution in [0, 0.1) is 0 Å². The molecule has 0 aromatic rings. The second kappa shape index (κ2) is 16.8. The summed E-state index contributed by atoms with van der Waals surface area (Å²) in [4.78, 5) is 11.3. The van der Waals surface area contributed by atoms with Crippen LogP contribution in [0.4, 0.5) is 0 Å². The molecule has 0 spiro atoms. The van der Waals surface area contributed by atoms with E-state index in [9.17, 15) is 4.79 Å². The molecule has 4 heteroatoms. The Hall–Kier alpha value is 0.359. The van der Waals surface area contributed by atoms with Gasteiger partial charge in [0.25, 0.3) is 0 Å². The van der Waals surface area contributed by atoms with Gasteiger partial charge in [0.15, 0.2) is 0 Å². The van der Waals surface area contributed by atoms with Crippen molar-refractivity contribution >= 4 is 38.9 Å². The maximum atomic E-state index is 11.3. The number of hydrogen-bond acceptors (Lipinski definition) is 3. The summed E-state index contributed by atoms with van der Waals surface area (Å²) in [5, 5.41) is 0. The van der Waals surface area contributed by atoms with Gasteiger partial charge in [-0.2, -0.15) is 0 Å². The van der Waals surface area contributed by atoms with Crippen molar-refractivity contribution in [3.05, 3.63) is 10.2 Å². The second-order valence-corrected chi connectivity index (χ2v) is 12.3. The molecule has 140 valence electrons. The van der Waals surface area contributed by atoms with Gasteiger partial charge in [-0.05, 0) is 0 Å². The van der Waals surface area contributed by atoms with Crippen molar-refractivity contribution in [1.82, 2.24) is 0 Å². The average Bonchev–Trinajstić information content (AvgIpc) is 2.59. The summed E-state index contributed by atoms with van der Waals surface area (Å²) in [5.41, 5.74) is 0. The molecule has 0 rings (SSSR count). The SMILES string of the molecule is CCCC[C](CCCC)(CCCC)[Sn]/[CH]=C/CSCC(=O)OCC. The molecule has 0 unspecified atom stereocenters. The third-order valence-electron chi connectivity index (χ3n) is 4.27. The van der Waals surface area contributed by atoms with Crippen LogP contribution in [0.2, 0.25) is 3.43 Å². The summed E-state index contributed by atoms with van der Waals surface area (Å²) in [6.45, 7) is 9.29. The number of rotatable bonds is 16. The third kappa shape index (κ3) is 12.7. The molecule has 0 aliphatic rings. The van der Waals surface area contributed by atoms with Crippen molar-refractivity contribution in [2.75, 3.05) is 18.1 Å². The van der Waals surface area contributed by atoms with E-state index >= 15 is 0 Å². The number of ether oxygens (including phenoxy) is 1. The van der Waals surface area contributed by atoms with E-state index in [0.29, 0.717) is 15.8 Å². The molecule has 2 nitrogen and oxygen atoms in total. The standard InChI is InChI=1S/C13H27.C7H11O2S.Sn/c1-4-7-10-13(11-8-5-2)12-9-6-3;1-3-5-10-6-7(8)9-4-2;/h4-12H2,1-3H3;1,3H,4-6H2,2H3;. The Morgan fingerprint density at radius 1 is 1.00 bits per heavy atom. The van der Waals surface area contributed by atoms with E-state index in [4.69, 9.17) is 4.74 Å². The number of esters is 1. The molecule has 0 fully saturated rings. The van der Waals surface area contributed by atoms with Crippen molar-refractivity contribution in [2.45, 2.75) is 88.9 Å². The molecule has 0 heterocycles. The van der Waals surface area contributed by atoms with E-state index in [1.54, 1.807) is 11.8 Å². The first-order valence-electron chi connectivity index (χ1n) is 9.80. The molecular formula is C20H38O2SSn. The van der Waals surface area contributed by atoms with Gasteiger partial charge in [0.05, 0.1) is 0 Å². The number of unbranched alkanes of at least 4 members (excludes halogenated alkanes) is 3. The van der Waals surface area contributed by atoms with Crippen LogP contribution in [-0.2, 0) is 9.53 Å². The molecule has 0 saturated carbocycles.